The summed E-state index contributed by atoms with van der Waals surface area (Å²) in [6.45, 7) is 0.992. The molecule has 1 aliphatic rings. The summed E-state index contributed by atoms with van der Waals surface area (Å²) in [7, 11) is 0. The number of hydrogen-bond acceptors (Lipinski definition) is 2. The lowest BCUT2D eigenvalue weighted by atomic mass is 9.93. The number of aromatic carboxylic acids is 1. The number of halogens is 3. The number of carbonyl (C=O) groups is 1. The molecule has 0 fully saturated rings. The van der Waals surface area contributed by atoms with Crippen LogP contribution in [0.5, 0.6) is 0 Å². The maximum atomic E-state index is 12.4. The predicted molar refractivity (Wildman–Crippen MR) is 63.0 cm³/mol. The van der Waals surface area contributed by atoms with E-state index >= 15 is 0 Å². The maximum absolute atomic E-state index is 12.4. The fourth-order valence-corrected chi connectivity index (χ4v) is 2.37. The van der Waals surface area contributed by atoms with Gasteiger partial charge in [0.1, 0.15) is 0 Å². The summed E-state index contributed by atoms with van der Waals surface area (Å²) in [6, 6.07) is 4.34. The molecule has 1 aromatic carbocycles. The van der Waals surface area contributed by atoms with Crippen LogP contribution in [0.25, 0.3) is 0 Å². The number of alkyl halides is 3. The van der Waals surface area contributed by atoms with Gasteiger partial charge in [-0.3, -0.25) is 4.90 Å². The highest BCUT2D eigenvalue weighted by molar-refractivity contribution is 5.87. The molecule has 2 rings (SSSR count). The summed E-state index contributed by atoms with van der Waals surface area (Å²) in [6.07, 6.45) is -3.78. The molecule has 0 saturated heterocycles. The normalized spacial score (nSPS) is 20.1. The fraction of sp³-hybridized carbons (Fsp3) is 0.462. The third kappa shape index (κ3) is 3.26. The van der Waals surface area contributed by atoms with Gasteiger partial charge in [0.2, 0.25) is 0 Å². The van der Waals surface area contributed by atoms with Crippen LogP contribution in [-0.2, 0) is 13.0 Å². The first-order chi connectivity index (χ1) is 8.76. The predicted octanol–water partition coefficient (Wildman–Crippen LogP) is 2.69. The Hall–Kier alpha value is -1.56. The number of carboxylic acids is 1. The van der Waals surface area contributed by atoms with E-state index in [0.717, 1.165) is 11.1 Å². The van der Waals surface area contributed by atoms with E-state index in [4.69, 9.17) is 5.11 Å². The Labute approximate surface area is 108 Å². The average molecular weight is 273 g/mol. The van der Waals surface area contributed by atoms with Crippen molar-refractivity contribution in [2.45, 2.75) is 32.1 Å². The third-order valence-electron chi connectivity index (χ3n) is 3.35. The van der Waals surface area contributed by atoms with E-state index < -0.39 is 18.7 Å². The molecule has 0 amide bonds. The van der Waals surface area contributed by atoms with Crippen molar-refractivity contribution in [1.29, 1.82) is 0 Å². The van der Waals surface area contributed by atoms with Gasteiger partial charge >= 0.3 is 12.1 Å². The first-order valence-corrected chi connectivity index (χ1v) is 5.92. The Morgan fingerprint density at radius 2 is 2.11 bits per heavy atom. The first-order valence-electron chi connectivity index (χ1n) is 5.92. The number of fused-ring (bicyclic) bond motifs is 1. The highest BCUT2D eigenvalue weighted by atomic mass is 19.4. The second-order valence-corrected chi connectivity index (χ2v) is 4.86. The minimum Gasteiger partial charge on any atom is -0.478 e. The Kier molecular flexibility index (Phi) is 3.54. The summed E-state index contributed by atoms with van der Waals surface area (Å²) in [4.78, 5) is 12.2. The van der Waals surface area contributed by atoms with Crippen molar-refractivity contribution in [2.75, 3.05) is 6.54 Å². The smallest absolute Gasteiger partial charge is 0.401 e. The van der Waals surface area contributed by atoms with E-state index in [-0.39, 0.29) is 18.2 Å². The monoisotopic (exact) mass is 273 g/mol. The van der Waals surface area contributed by atoms with E-state index in [2.05, 4.69) is 0 Å². The SMILES string of the molecule is CC1Cc2cc(C(=O)O)ccc2CN1CC(F)(F)F. The molecule has 0 aromatic heterocycles. The van der Waals surface area contributed by atoms with Gasteiger partial charge in [0.25, 0.3) is 0 Å². The van der Waals surface area contributed by atoms with E-state index in [0.29, 0.717) is 6.42 Å². The van der Waals surface area contributed by atoms with Gasteiger partial charge in [-0.2, -0.15) is 13.2 Å². The van der Waals surface area contributed by atoms with Gasteiger partial charge in [0.05, 0.1) is 12.1 Å². The van der Waals surface area contributed by atoms with Gasteiger partial charge in [-0.1, -0.05) is 6.07 Å². The zero-order chi connectivity index (χ0) is 14.2. The maximum Gasteiger partial charge on any atom is 0.401 e. The topological polar surface area (TPSA) is 40.5 Å². The van der Waals surface area contributed by atoms with Crippen molar-refractivity contribution < 1.29 is 23.1 Å². The first kappa shape index (κ1) is 13.9. The molecular weight excluding hydrogens is 259 g/mol. The molecule has 6 heteroatoms. The molecule has 0 bridgehead atoms. The van der Waals surface area contributed by atoms with E-state index in [1.165, 1.54) is 11.0 Å². The second-order valence-electron chi connectivity index (χ2n) is 4.86. The summed E-state index contributed by atoms with van der Waals surface area (Å²) in [5.74, 6) is -1.02. The van der Waals surface area contributed by atoms with Crippen LogP contribution in [-0.4, -0.2) is 34.7 Å². The van der Waals surface area contributed by atoms with Crippen molar-refractivity contribution in [1.82, 2.24) is 4.90 Å². The molecule has 0 aliphatic carbocycles. The molecule has 0 radical (unpaired) electrons. The van der Waals surface area contributed by atoms with Crippen molar-refractivity contribution in [3.05, 3.63) is 34.9 Å². The minimum atomic E-state index is -4.22. The molecule has 0 saturated carbocycles. The molecule has 1 aliphatic heterocycles. The Bertz CT molecular complexity index is 499. The largest absolute Gasteiger partial charge is 0.478 e. The lowest BCUT2D eigenvalue weighted by Gasteiger charge is -2.35. The van der Waals surface area contributed by atoms with Crippen LogP contribution in [0.1, 0.15) is 28.4 Å². The zero-order valence-corrected chi connectivity index (χ0v) is 10.4. The quantitative estimate of drug-likeness (QED) is 0.900. The fourth-order valence-electron chi connectivity index (χ4n) is 2.37. The lowest BCUT2D eigenvalue weighted by Crippen LogP contribution is -2.43. The van der Waals surface area contributed by atoms with Crippen molar-refractivity contribution in [3.8, 4) is 0 Å². The Morgan fingerprint density at radius 3 is 2.68 bits per heavy atom. The van der Waals surface area contributed by atoms with E-state index in [1.54, 1.807) is 19.1 Å². The lowest BCUT2D eigenvalue weighted by molar-refractivity contribution is -0.152. The number of rotatable bonds is 2. The third-order valence-corrected chi connectivity index (χ3v) is 3.35. The molecule has 1 N–H and O–H groups in total. The zero-order valence-electron chi connectivity index (χ0n) is 10.4. The van der Waals surface area contributed by atoms with Crippen molar-refractivity contribution >= 4 is 5.97 Å². The van der Waals surface area contributed by atoms with Gasteiger partial charge < -0.3 is 5.11 Å². The van der Waals surface area contributed by atoms with Gasteiger partial charge in [-0.15, -0.1) is 0 Å². The van der Waals surface area contributed by atoms with Crippen LogP contribution >= 0.6 is 0 Å². The summed E-state index contributed by atoms with van der Waals surface area (Å²) >= 11 is 0. The highest BCUT2D eigenvalue weighted by Crippen LogP contribution is 2.27. The highest BCUT2D eigenvalue weighted by Gasteiger charge is 2.34. The van der Waals surface area contributed by atoms with Crippen LogP contribution in [0.3, 0.4) is 0 Å². The minimum absolute atomic E-state index is 0.176. The van der Waals surface area contributed by atoms with Gasteiger partial charge in [-0.25, -0.2) is 4.79 Å². The second kappa shape index (κ2) is 4.85. The molecule has 1 atom stereocenters. The van der Waals surface area contributed by atoms with E-state index in [1.807, 2.05) is 0 Å². The van der Waals surface area contributed by atoms with Crippen LogP contribution in [0, 0.1) is 0 Å². The van der Waals surface area contributed by atoms with Gasteiger partial charge in [0, 0.05) is 12.6 Å². The number of hydrogen-bond donors (Lipinski definition) is 1. The van der Waals surface area contributed by atoms with Gasteiger partial charge in [0.15, 0.2) is 0 Å². The molecule has 104 valence electrons. The molecule has 19 heavy (non-hydrogen) atoms. The van der Waals surface area contributed by atoms with Crippen LogP contribution in [0.4, 0.5) is 13.2 Å². The Morgan fingerprint density at radius 1 is 1.42 bits per heavy atom. The van der Waals surface area contributed by atoms with Gasteiger partial charge in [-0.05, 0) is 36.6 Å². The summed E-state index contributed by atoms with van der Waals surface area (Å²) < 4.78 is 37.3. The van der Waals surface area contributed by atoms with Crippen LogP contribution in [0.15, 0.2) is 18.2 Å². The summed E-state index contributed by atoms with van der Waals surface area (Å²) in [5, 5.41) is 8.90. The number of benzene rings is 1. The van der Waals surface area contributed by atoms with Crippen molar-refractivity contribution in [3.63, 3.8) is 0 Å². The number of carboxylic acid groups (broad SMARTS) is 1. The summed E-state index contributed by atoms with van der Waals surface area (Å²) in [5.41, 5.74) is 1.77. The molecule has 1 unspecified atom stereocenters. The number of nitrogens with zero attached hydrogens (tertiary/aromatic N) is 1. The Balaban J connectivity index is 2.22. The molecular formula is C13H14F3NO2. The van der Waals surface area contributed by atoms with Crippen molar-refractivity contribution in [2.24, 2.45) is 0 Å². The average Bonchev–Trinajstić information content (AvgIpc) is 2.27. The van der Waals surface area contributed by atoms with Crippen LogP contribution < -0.4 is 0 Å². The standard InChI is InChI=1S/C13H14F3NO2/c1-8-4-11-5-9(12(18)19)2-3-10(11)6-17(8)7-13(14,15)16/h2-3,5,8H,4,6-7H2,1H3,(H,18,19). The van der Waals surface area contributed by atoms with Crippen LogP contribution in [0.2, 0.25) is 0 Å². The molecule has 0 spiro atoms. The van der Waals surface area contributed by atoms with E-state index in [9.17, 15) is 18.0 Å². The molecule has 3 nitrogen and oxygen atoms in total. The molecule has 1 aromatic rings. The molecule has 1 heterocycles.